The molecule has 7 heteroatoms. The fourth-order valence-electron chi connectivity index (χ4n) is 3.02. The zero-order valence-corrected chi connectivity index (χ0v) is 16.3. The maximum absolute atomic E-state index is 12.5. The highest BCUT2D eigenvalue weighted by Crippen LogP contribution is 2.31. The molecule has 0 atom stereocenters. The summed E-state index contributed by atoms with van der Waals surface area (Å²) in [5, 5.41) is 0.479. The van der Waals surface area contributed by atoms with Crippen LogP contribution in [0.15, 0.2) is 47.4 Å². The molecule has 0 aliphatic carbocycles. The molecule has 0 radical (unpaired) electrons. The summed E-state index contributed by atoms with van der Waals surface area (Å²) in [6.07, 6.45) is 1.05. The van der Waals surface area contributed by atoms with Crippen molar-refractivity contribution in [3.63, 3.8) is 0 Å². The molecule has 138 valence electrons. The van der Waals surface area contributed by atoms with Gasteiger partial charge in [-0.15, -0.1) is 0 Å². The highest BCUT2D eigenvalue weighted by atomic mass is 35.5. The molecule has 1 aliphatic rings. The number of nitrogens with one attached hydrogen (secondary N) is 1. The highest BCUT2D eigenvalue weighted by Gasteiger charge is 2.25. The number of fused-ring (bicyclic) bond motifs is 1. The number of hydrogen-bond acceptors (Lipinski definition) is 3. The summed E-state index contributed by atoms with van der Waals surface area (Å²) in [7, 11) is -3.69. The third-order valence-corrected chi connectivity index (χ3v) is 5.85. The summed E-state index contributed by atoms with van der Waals surface area (Å²) in [4.78, 5) is 14.2. The number of nitrogens with zero attached hydrogens (tertiary/aromatic N) is 1. The molecule has 2 aromatic rings. The van der Waals surface area contributed by atoms with E-state index in [-0.39, 0.29) is 10.8 Å². The van der Waals surface area contributed by atoms with Crippen molar-refractivity contribution in [2.75, 3.05) is 16.2 Å². The summed E-state index contributed by atoms with van der Waals surface area (Å²) in [6.45, 7) is 4.79. The standard InChI is InChI=1S/C19H21ClN2O3S/c1-13(2)12-22-18-9-6-16(11-14(18)3-10-19(22)23)21-26(24,25)17-7-4-15(20)5-8-17/h4-9,11,13,21H,3,10,12H2,1-2H3. The van der Waals surface area contributed by atoms with Gasteiger partial charge >= 0.3 is 0 Å². The van der Waals surface area contributed by atoms with Crippen LogP contribution in [0.1, 0.15) is 25.8 Å². The van der Waals surface area contributed by atoms with Crippen molar-refractivity contribution in [3.05, 3.63) is 53.1 Å². The number of anilines is 2. The number of rotatable bonds is 5. The molecule has 26 heavy (non-hydrogen) atoms. The number of carbonyl (C=O) groups excluding carboxylic acids is 1. The molecular formula is C19H21ClN2O3S. The van der Waals surface area contributed by atoms with Gasteiger partial charge in [0.1, 0.15) is 0 Å². The lowest BCUT2D eigenvalue weighted by atomic mass is 9.99. The molecule has 0 bridgehead atoms. The highest BCUT2D eigenvalue weighted by molar-refractivity contribution is 7.92. The van der Waals surface area contributed by atoms with Gasteiger partial charge in [0.05, 0.1) is 4.90 Å². The van der Waals surface area contributed by atoms with Crippen molar-refractivity contribution >= 4 is 38.9 Å². The summed E-state index contributed by atoms with van der Waals surface area (Å²) in [5.41, 5.74) is 2.32. The Morgan fingerprint density at radius 1 is 1.12 bits per heavy atom. The zero-order valence-electron chi connectivity index (χ0n) is 14.7. The molecule has 2 aromatic carbocycles. The van der Waals surface area contributed by atoms with E-state index in [1.54, 1.807) is 23.1 Å². The van der Waals surface area contributed by atoms with Crippen molar-refractivity contribution in [1.82, 2.24) is 0 Å². The average molecular weight is 393 g/mol. The number of benzene rings is 2. The second-order valence-electron chi connectivity index (χ2n) is 6.80. The lowest BCUT2D eigenvalue weighted by Crippen LogP contribution is -2.37. The first-order chi connectivity index (χ1) is 12.3. The number of halogens is 1. The monoisotopic (exact) mass is 392 g/mol. The van der Waals surface area contributed by atoms with Gasteiger partial charge in [-0.05, 0) is 60.4 Å². The molecule has 0 spiro atoms. The summed E-state index contributed by atoms with van der Waals surface area (Å²) < 4.78 is 27.6. The Kier molecular flexibility index (Phi) is 5.25. The molecule has 1 amide bonds. The van der Waals surface area contributed by atoms with E-state index in [1.807, 2.05) is 12.1 Å². The van der Waals surface area contributed by atoms with Gasteiger partial charge in [-0.2, -0.15) is 0 Å². The molecule has 3 rings (SSSR count). The molecule has 0 unspecified atom stereocenters. The first-order valence-electron chi connectivity index (χ1n) is 8.48. The van der Waals surface area contributed by atoms with Gasteiger partial charge in [-0.3, -0.25) is 9.52 Å². The Labute approximate surface area is 159 Å². The van der Waals surface area contributed by atoms with E-state index in [9.17, 15) is 13.2 Å². The molecule has 5 nitrogen and oxygen atoms in total. The third kappa shape index (κ3) is 4.02. The number of aryl methyl sites for hydroxylation is 1. The summed E-state index contributed by atoms with van der Waals surface area (Å²) in [6, 6.07) is 11.3. The molecule has 1 aliphatic heterocycles. The van der Waals surface area contributed by atoms with Gasteiger partial charge in [0.25, 0.3) is 10.0 Å². The number of carbonyl (C=O) groups is 1. The fourth-order valence-corrected chi connectivity index (χ4v) is 4.19. The second-order valence-corrected chi connectivity index (χ2v) is 8.92. The van der Waals surface area contributed by atoms with Crippen LogP contribution in [-0.2, 0) is 21.2 Å². The topological polar surface area (TPSA) is 66.5 Å². The maximum atomic E-state index is 12.5. The maximum Gasteiger partial charge on any atom is 0.261 e. The predicted molar refractivity (Wildman–Crippen MR) is 104 cm³/mol. The summed E-state index contributed by atoms with van der Waals surface area (Å²) >= 11 is 5.82. The number of sulfonamides is 1. The molecule has 1 heterocycles. The largest absolute Gasteiger partial charge is 0.312 e. The molecule has 0 aromatic heterocycles. The lowest BCUT2D eigenvalue weighted by molar-refractivity contribution is -0.119. The molecule has 0 fully saturated rings. The van der Waals surface area contributed by atoms with Gasteiger partial charge in [0.15, 0.2) is 0 Å². The molecule has 1 N–H and O–H groups in total. The van der Waals surface area contributed by atoms with Crippen molar-refractivity contribution < 1.29 is 13.2 Å². The first-order valence-corrected chi connectivity index (χ1v) is 10.3. The summed E-state index contributed by atoms with van der Waals surface area (Å²) in [5.74, 6) is 0.466. The second kappa shape index (κ2) is 7.29. The van der Waals surface area contributed by atoms with E-state index < -0.39 is 10.0 Å². The van der Waals surface area contributed by atoms with E-state index >= 15 is 0 Å². The molecule has 0 saturated heterocycles. The smallest absolute Gasteiger partial charge is 0.261 e. The van der Waals surface area contributed by atoms with E-state index in [1.165, 1.54) is 12.1 Å². The Balaban J connectivity index is 1.87. The van der Waals surface area contributed by atoms with Crippen molar-refractivity contribution in [3.8, 4) is 0 Å². The minimum absolute atomic E-state index is 0.112. The van der Waals surface area contributed by atoms with Crippen molar-refractivity contribution in [2.24, 2.45) is 5.92 Å². The third-order valence-electron chi connectivity index (χ3n) is 4.20. The Bertz CT molecular complexity index is 924. The fraction of sp³-hybridized carbons (Fsp3) is 0.316. The van der Waals surface area contributed by atoms with Crippen LogP contribution in [0.4, 0.5) is 11.4 Å². The van der Waals surface area contributed by atoms with E-state index in [4.69, 9.17) is 11.6 Å². The minimum atomic E-state index is -3.69. The molecule has 0 saturated carbocycles. The predicted octanol–water partition coefficient (Wildman–Crippen LogP) is 4.08. The van der Waals surface area contributed by atoms with Crippen LogP contribution in [0.2, 0.25) is 5.02 Å². The minimum Gasteiger partial charge on any atom is -0.312 e. The Morgan fingerprint density at radius 2 is 1.81 bits per heavy atom. The van der Waals surface area contributed by atoms with Crippen LogP contribution in [0.3, 0.4) is 0 Å². The van der Waals surface area contributed by atoms with Crippen molar-refractivity contribution in [1.29, 1.82) is 0 Å². The Hall–Kier alpha value is -2.05. The van der Waals surface area contributed by atoms with Crippen LogP contribution >= 0.6 is 11.6 Å². The van der Waals surface area contributed by atoms with Crippen LogP contribution < -0.4 is 9.62 Å². The lowest BCUT2D eigenvalue weighted by Gasteiger charge is -2.31. The van der Waals surface area contributed by atoms with E-state index in [0.717, 1.165) is 11.3 Å². The van der Waals surface area contributed by atoms with Gasteiger partial charge in [-0.1, -0.05) is 25.4 Å². The average Bonchev–Trinajstić information content (AvgIpc) is 2.57. The normalized spacial score (nSPS) is 14.5. The van der Waals surface area contributed by atoms with Crippen molar-refractivity contribution in [2.45, 2.75) is 31.6 Å². The number of hydrogen-bond donors (Lipinski definition) is 1. The van der Waals surface area contributed by atoms with Crippen LogP contribution in [0.25, 0.3) is 0 Å². The van der Waals surface area contributed by atoms with E-state index in [0.29, 0.717) is 36.0 Å². The van der Waals surface area contributed by atoms with Gasteiger partial charge in [0, 0.05) is 29.4 Å². The van der Waals surface area contributed by atoms with Gasteiger partial charge in [0.2, 0.25) is 5.91 Å². The first kappa shape index (κ1) is 18.7. The van der Waals surface area contributed by atoms with Crippen LogP contribution in [0, 0.1) is 5.92 Å². The van der Waals surface area contributed by atoms with Crippen LogP contribution in [-0.4, -0.2) is 20.9 Å². The molecular weight excluding hydrogens is 372 g/mol. The number of amides is 1. The SMILES string of the molecule is CC(C)CN1C(=O)CCc2cc(NS(=O)(=O)c3ccc(Cl)cc3)ccc21. The van der Waals surface area contributed by atoms with Gasteiger partial charge in [-0.25, -0.2) is 8.42 Å². The van der Waals surface area contributed by atoms with E-state index in [2.05, 4.69) is 18.6 Å². The quantitative estimate of drug-likeness (QED) is 0.833. The Morgan fingerprint density at radius 3 is 2.46 bits per heavy atom. The van der Waals surface area contributed by atoms with Gasteiger partial charge < -0.3 is 4.90 Å². The zero-order chi connectivity index (χ0) is 18.9. The van der Waals surface area contributed by atoms with Crippen LogP contribution in [0.5, 0.6) is 0 Å².